The third kappa shape index (κ3) is 2.84. The molecule has 0 aliphatic carbocycles. The smallest absolute Gasteiger partial charge is 0.332 e. The molecule has 0 radical (unpaired) electrons. The van der Waals surface area contributed by atoms with Crippen molar-refractivity contribution in [2.24, 2.45) is 7.05 Å². The Morgan fingerprint density at radius 3 is 2.75 bits per heavy atom. The number of rotatable bonds is 4. The van der Waals surface area contributed by atoms with Crippen LogP contribution in [0.15, 0.2) is 27.8 Å². The minimum atomic E-state index is -0.425. The summed E-state index contributed by atoms with van der Waals surface area (Å²) in [5.74, 6) is 0.633. The molecule has 4 rings (SSSR count). The van der Waals surface area contributed by atoms with Crippen LogP contribution in [-0.2, 0) is 20.1 Å². The van der Waals surface area contributed by atoms with Crippen LogP contribution in [0.2, 0.25) is 5.02 Å². The maximum atomic E-state index is 13.0. The van der Waals surface area contributed by atoms with Gasteiger partial charge in [-0.05, 0) is 37.5 Å². The van der Waals surface area contributed by atoms with Gasteiger partial charge in [-0.2, -0.15) is 4.98 Å². The molecule has 1 aliphatic heterocycles. The highest BCUT2D eigenvalue weighted by Crippen LogP contribution is 2.33. The van der Waals surface area contributed by atoms with Gasteiger partial charge in [-0.3, -0.25) is 13.9 Å². The summed E-state index contributed by atoms with van der Waals surface area (Å²) < 4.78 is 4.46. The second-order valence-electron chi connectivity index (χ2n) is 7.05. The van der Waals surface area contributed by atoms with Crippen molar-refractivity contribution in [2.45, 2.75) is 32.9 Å². The van der Waals surface area contributed by atoms with Crippen molar-refractivity contribution in [3.8, 4) is 0 Å². The van der Waals surface area contributed by atoms with Crippen molar-refractivity contribution in [1.29, 1.82) is 0 Å². The molecule has 0 saturated heterocycles. The lowest BCUT2D eigenvalue weighted by atomic mass is 10.2. The van der Waals surface area contributed by atoms with Crippen LogP contribution in [0, 0.1) is 6.92 Å². The van der Waals surface area contributed by atoms with E-state index >= 15 is 0 Å². The number of anilines is 2. The van der Waals surface area contributed by atoms with E-state index in [0.29, 0.717) is 35.1 Å². The summed E-state index contributed by atoms with van der Waals surface area (Å²) >= 11 is 6.31. The molecule has 1 aliphatic rings. The van der Waals surface area contributed by atoms with Gasteiger partial charge in [-0.15, -0.1) is 0 Å². The van der Waals surface area contributed by atoms with E-state index in [1.165, 1.54) is 9.13 Å². The minimum Gasteiger partial charge on any atom is -0.396 e. The Labute approximate surface area is 166 Å². The molecule has 3 aromatic rings. The van der Waals surface area contributed by atoms with Gasteiger partial charge in [0.2, 0.25) is 5.95 Å². The lowest BCUT2D eigenvalue weighted by molar-refractivity contribution is 0.277. The number of aliphatic hydroxyl groups is 1. The topological polar surface area (TPSA) is 85.3 Å². The summed E-state index contributed by atoms with van der Waals surface area (Å²) in [5.41, 5.74) is 1.89. The molecule has 0 saturated carbocycles. The van der Waals surface area contributed by atoms with Gasteiger partial charge in [-0.1, -0.05) is 17.7 Å². The molecule has 0 spiro atoms. The van der Waals surface area contributed by atoms with Crippen LogP contribution in [0.1, 0.15) is 18.4 Å². The van der Waals surface area contributed by atoms with Crippen LogP contribution in [0.3, 0.4) is 0 Å². The number of aryl methyl sites for hydroxylation is 3. The first-order valence-electron chi connectivity index (χ1n) is 9.28. The first-order valence-corrected chi connectivity index (χ1v) is 9.66. The van der Waals surface area contributed by atoms with Crippen LogP contribution in [-0.4, -0.2) is 36.9 Å². The SMILES string of the molecule is Cc1ccc(N2CCCn3c2nc2c3c(=O)n(CCCO)c(=O)n2C)cc1Cl. The molecule has 28 heavy (non-hydrogen) atoms. The molecule has 0 fully saturated rings. The van der Waals surface area contributed by atoms with E-state index in [2.05, 4.69) is 4.98 Å². The van der Waals surface area contributed by atoms with Gasteiger partial charge in [-0.25, -0.2) is 4.79 Å². The molecule has 0 unspecified atom stereocenters. The maximum absolute atomic E-state index is 13.0. The molecule has 3 heterocycles. The Hall–Kier alpha value is -2.58. The average molecular weight is 404 g/mol. The predicted molar refractivity (Wildman–Crippen MR) is 109 cm³/mol. The van der Waals surface area contributed by atoms with Gasteiger partial charge < -0.3 is 14.6 Å². The van der Waals surface area contributed by atoms with Gasteiger partial charge in [0.15, 0.2) is 11.2 Å². The average Bonchev–Trinajstić information content (AvgIpc) is 3.08. The number of hydrogen-bond acceptors (Lipinski definition) is 5. The fraction of sp³-hybridized carbons (Fsp3) is 0.421. The quantitative estimate of drug-likeness (QED) is 0.717. The normalized spacial score (nSPS) is 13.9. The van der Waals surface area contributed by atoms with Gasteiger partial charge >= 0.3 is 5.69 Å². The van der Waals surface area contributed by atoms with Gasteiger partial charge in [0.1, 0.15) is 0 Å². The minimum absolute atomic E-state index is 0.0832. The van der Waals surface area contributed by atoms with E-state index < -0.39 is 5.69 Å². The lowest BCUT2D eigenvalue weighted by Crippen LogP contribution is -2.40. The molecule has 9 heteroatoms. The highest BCUT2D eigenvalue weighted by molar-refractivity contribution is 6.31. The van der Waals surface area contributed by atoms with Crippen LogP contribution in [0.5, 0.6) is 0 Å². The molecule has 148 valence electrons. The summed E-state index contributed by atoms with van der Waals surface area (Å²) in [6.07, 6.45) is 1.18. The lowest BCUT2D eigenvalue weighted by Gasteiger charge is -2.29. The van der Waals surface area contributed by atoms with Crippen LogP contribution in [0.25, 0.3) is 11.2 Å². The number of imidazole rings is 1. The number of benzene rings is 1. The largest absolute Gasteiger partial charge is 0.396 e. The van der Waals surface area contributed by atoms with E-state index in [0.717, 1.165) is 24.2 Å². The monoisotopic (exact) mass is 403 g/mol. The van der Waals surface area contributed by atoms with E-state index in [1.807, 2.05) is 34.6 Å². The van der Waals surface area contributed by atoms with E-state index in [1.54, 1.807) is 7.05 Å². The first-order chi connectivity index (χ1) is 13.4. The Morgan fingerprint density at radius 1 is 1.25 bits per heavy atom. The van der Waals surface area contributed by atoms with Crippen molar-refractivity contribution < 1.29 is 5.11 Å². The van der Waals surface area contributed by atoms with Crippen molar-refractivity contribution in [3.05, 3.63) is 49.6 Å². The number of fused-ring (bicyclic) bond motifs is 3. The second-order valence-corrected chi connectivity index (χ2v) is 7.46. The molecule has 1 N–H and O–H groups in total. The third-order valence-corrected chi connectivity index (χ3v) is 5.63. The van der Waals surface area contributed by atoms with E-state index in [-0.39, 0.29) is 18.7 Å². The third-order valence-electron chi connectivity index (χ3n) is 5.22. The van der Waals surface area contributed by atoms with Gasteiger partial charge in [0.25, 0.3) is 5.56 Å². The van der Waals surface area contributed by atoms with Crippen LogP contribution >= 0.6 is 11.6 Å². The Bertz CT molecular complexity index is 1180. The van der Waals surface area contributed by atoms with Gasteiger partial charge in [0.05, 0.1) is 0 Å². The zero-order valence-corrected chi connectivity index (χ0v) is 16.6. The molecule has 2 aromatic heterocycles. The van der Waals surface area contributed by atoms with Crippen molar-refractivity contribution in [1.82, 2.24) is 18.7 Å². The summed E-state index contributed by atoms with van der Waals surface area (Å²) in [6, 6.07) is 5.83. The number of aromatic nitrogens is 4. The molecule has 0 amide bonds. The van der Waals surface area contributed by atoms with E-state index in [4.69, 9.17) is 16.7 Å². The fourth-order valence-electron chi connectivity index (χ4n) is 3.69. The second kappa shape index (κ2) is 7.10. The van der Waals surface area contributed by atoms with Crippen molar-refractivity contribution >= 4 is 34.4 Å². The van der Waals surface area contributed by atoms with E-state index in [9.17, 15) is 9.59 Å². The van der Waals surface area contributed by atoms with Crippen molar-refractivity contribution in [3.63, 3.8) is 0 Å². The number of nitrogens with zero attached hydrogens (tertiary/aromatic N) is 5. The zero-order chi connectivity index (χ0) is 20.0. The molecule has 0 bridgehead atoms. The summed E-state index contributed by atoms with van der Waals surface area (Å²) in [4.78, 5) is 32.3. The zero-order valence-electron chi connectivity index (χ0n) is 15.9. The highest BCUT2D eigenvalue weighted by atomic mass is 35.5. The van der Waals surface area contributed by atoms with Crippen LogP contribution < -0.4 is 16.1 Å². The highest BCUT2D eigenvalue weighted by Gasteiger charge is 2.27. The Morgan fingerprint density at radius 2 is 2.04 bits per heavy atom. The molecule has 0 atom stereocenters. The Kier molecular flexibility index (Phi) is 4.76. The maximum Gasteiger partial charge on any atom is 0.332 e. The van der Waals surface area contributed by atoms with Gasteiger partial charge in [0, 0.05) is 44.0 Å². The molecule has 8 nitrogen and oxygen atoms in total. The number of halogens is 1. The fourth-order valence-corrected chi connectivity index (χ4v) is 3.86. The molecule has 1 aromatic carbocycles. The molecular formula is C19H22ClN5O3. The standard InChI is InChI=1S/C19H22ClN5O3/c1-12-5-6-13(11-14(12)20)23-7-3-8-24-15-16(21-18(23)24)22(2)19(28)25(17(15)27)9-4-10-26/h5-6,11,26H,3-4,7-10H2,1-2H3. The summed E-state index contributed by atoms with van der Waals surface area (Å²) in [5, 5.41) is 9.76. The van der Waals surface area contributed by atoms with Crippen LogP contribution in [0.4, 0.5) is 11.6 Å². The first kappa shape index (κ1) is 18.8. The van der Waals surface area contributed by atoms with Crippen molar-refractivity contribution in [2.75, 3.05) is 18.1 Å². The summed E-state index contributed by atoms with van der Waals surface area (Å²) in [7, 11) is 1.62. The number of aliphatic hydroxyl groups excluding tert-OH is 1. The molecular weight excluding hydrogens is 382 g/mol. The predicted octanol–water partition coefficient (Wildman–Crippen LogP) is 1.78. The number of hydrogen-bond donors (Lipinski definition) is 1. The summed E-state index contributed by atoms with van der Waals surface area (Å²) in [6.45, 7) is 3.43. The Balaban J connectivity index is 1.94.